The fourth-order valence-electron chi connectivity index (χ4n) is 4.18. The van der Waals surface area contributed by atoms with E-state index in [0.29, 0.717) is 28.9 Å². The number of pyridine rings is 1. The summed E-state index contributed by atoms with van der Waals surface area (Å²) < 4.78 is 0. The van der Waals surface area contributed by atoms with Crippen LogP contribution in [0.4, 0.5) is 14.9 Å². The minimum absolute atomic E-state index is 0.0450. The largest absolute Gasteiger partial charge is 0.465 e. The molecule has 0 aliphatic carbocycles. The fourth-order valence-corrected chi connectivity index (χ4v) is 6.64. The van der Waals surface area contributed by atoms with Gasteiger partial charge < -0.3 is 14.9 Å². The second-order valence-electron chi connectivity index (χ2n) is 7.72. The number of rotatable bonds is 4. The van der Waals surface area contributed by atoms with E-state index in [4.69, 9.17) is 39.8 Å². The molecule has 0 saturated carbocycles. The van der Waals surface area contributed by atoms with Gasteiger partial charge in [-0.2, -0.15) is 0 Å². The lowest BCUT2D eigenvalue weighted by molar-refractivity contribution is 0.0809. The van der Waals surface area contributed by atoms with Crippen molar-refractivity contribution in [3.05, 3.63) is 44.5 Å². The van der Waals surface area contributed by atoms with Crippen LogP contribution in [-0.2, 0) is 0 Å². The zero-order valence-corrected chi connectivity index (χ0v) is 20.7. The number of hydrogen-bond acceptors (Lipinski definition) is 7. The third-order valence-corrected chi connectivity index (χ3v) is 8.70. The summed E-state index contributed by atoms with van der Waals surface area (Å²) in [6, 6.07) is 3.26. The molecule has 3 aromatic rings. The molecule has 3 aliphatic rings. The average molecular weight is 545 g/mol. The number of fused-ring (bicyclic) bond motifs is 3. The SMILES string of the molecule is O=C(Nc1nc(-c2cc(Cl)cs2)c(N2CC3CCC2CN3C(=O)O)s1)c1cnc(Cl)c(Cl)c1. The molecule has 6 rings (SSSR count). The summed E-state index contributed by atoms with van der Waals surface area (Å²) in [4.78, 5) is 37.6. The Kier molecular flexibility index (Phi) is 6.13. The van der Waals surface area contributed by atoms with E-state index in [1.165, 1.54) is 39.8 Å². The molecular formula is C20H16Cl3N5O3S2. The van der Waals surface area contributed by atoms with Crippen molar-refractivity contribution in [3.8, 4) is 10.6 Å². The number of carbonyl (C=O) groups excluding carboxylic acids is 1. The van der Waals surface area contributed by atoms with Crippen LogP contribution in [0.5, 0.6) is 0 Å². The van der Waals surface area contributed by atoms with Gasteiger partial charge in [-0.1, -0.05) is 46.1 Å². The quantitative estimate of drug-likeness (QED) is 0.402. The Labute approximate surface area is 211 Å². The van der Waals surface area contributed by atoms with Crippen LogP contribution in [0.15, 0.2) is 23.7 Å². The van der Waals surface area contributed by atoms with Gasteiger partial charge in [0.25, 0.3) is 5.91 Å². The topological polar surface area (TPSA) is 98.7 Å². The van der Waals surface area contributed by atoms with E-state index < -0.39 is 12.0 Å². The van der Waals surface area contributed by atoms with E-state index in [0.717, 1.165) is 22.7 Å². The van der Waals surface area contributed by atoms with Gasteiger partial charge in [-0.05, 0) is 25.0 Å². The van der Waals surface area contributed by atoms with Crippen LogP contribution in [0.1, 0.15) is 23.2 Å². The van der Waals surface area contributed by atoms with E-state index >= 15 is 0 Å². The van der Waals surface area contributed by atoms with Gasteiger partial charge >= 0.3 is 6.09 Å². The van der Waals surface area contributed by atoms with Crippen LogP contribution in [0.3, 0.4) is 0 Å². The molecule has 2 bridgehead atoms. The number of aromatic nitrogens is 2. The van der Waals surface area contributed by atoms with E-state index in [2.05, 4.69) is 15.2 Å². The van der Waals surface area contributed by atoms with Crippen LogP contribution in [0.2, 0.25) is 15.2 Å². The molecule has 2 unspecified atom stereocenters. The highest BCUT2D eigenvalue weighted by Crippen LogP contribution is 2.45. The number of thiophene rings is 1. The lowest BCUT2D eigenvalue weighted by Gasteiger charge is -2.50. The molecule has 0 radical (unpaired) electrons. The minimum Gasteiger partial charge on any atom is -0.465 e. The average Bonchev–Trinajstić information content (AvgIpc) is 3.41. The van der Waals surface area contributed by atoms with Crippen molar-refractivity contribution in [2.45, 2.75) is 24.9 Å². The van der Waals surface area contributed by atoms with Gasteiger partial charge in [0.05, 0.1) is 26.5 Å². The molecule has 33 heavy (non-hydrogen) atoms. The predicted molar refractivity (Wildman–Crippen MR) is 132 cm³/mol. The van der Waals surface area contributed by atoms with Crippen molar-refractivity contribution in [2.24, 2.45) is 0 Å². The number of nitrogens with zero attached hydrogens (tertiary/aromatic N) is 4. The Morgan fingerprint density at radius 3 is 2.58 bits per heavy atom. The summed E-state index contributed by atoms with van der Waals surface area (Å²) in [5, 5.41) is 16.4. The number of piperidine rings is 2. The van der Waals surface area contributed by atoms with Gasteiger partial charge in [-0.15, -0.1) is 11.3 Å². The summed E-state index contributed by atoms with van der Waals surface area (Å²) in [6.45, 7) is 1.02. The van der Waals surface area contributed by atoms with Gasteiger partial charge in [0.1, 0.15) is 15.8 Å². The third kappa shape index (κ3) is 4.38. The molecule has 3 aliphatic heterocycles. The summed E-state index contributed by atoms with van der Waals surface area (Å²) in [6.07, 6.45) is 2.19. The van der Waals surface area contributed by atoms with Gasteiger partial charge in [0, 0.05) is 30.7 Å². The third-order valence-electron chi connectivity index (χ3n) is 5.73. The van der Waals surface area contributed by atoms with Crippen molar-refractivity contribution >= 4 is 79.6 Å². The number of hydrogen-bond donors (Lipinski definition) is 2. The van der Waals surface area contributed by atoms with Crippen molar-refractivity contribution in [3.63, 3.8) is 0 Å². The molecule has 2 N–H and O–H groups in total. The smallest absolute Gasteiger partial charge is 0.407 e. The summed E-state index contributed by atoms with van der Waals surface area (Å²) in [5.74, 6) is -0.408. The highest BCUT2D eigenvalue weighted by Gasteiger charge is 2.42. The molecule has 0 aromatic carbocycles. The normalized spacial score (nSPS) is 19.7. The highest BCUT2D eigenvalue weighted by atomic mass is 35.5. The molecule has 3 aromatic heterocycles. The molecule has 6 heterocycles. The van der Waals surface area contributed by atoms with Gasteiger partial charge in [-0.25, -0.2) is 14.8 Å². The first kappa shape index (κ1) is 22.7. The summed E-state index contributed by atoms with van der Waals surface area (Å²) in [5.41, 5.74) is 0.977. The molecule has 13 heteroatoms. The number of thiazole rings is 1. The number of halogens is 3. The monoisotopic (exact) mass is 543 g/mol. The van der Waals surface area contributed by atoms with Crippen molar-refractivity contribution in [2.75, 3.05) is 23.3 Å². The first-order valence-electron chi connectivity index (χ1n) is 9.94. The number of carbonyl (C=O) groups is 2. The van der Waals surface area contributed by atoms with Crippen molar-refractivity contribution < 1.29 is 14.7 Å². The van der Waals surface area contributed by atoms with Crippen LogP contribution >= 0.6 is 57.5 Å². The molecule has 3 fully saturated rings. The van der Waals surface area contributed by atoms with E-state index in [1.807, 2.05) is 11.4 Å². The zero-order valence-electron chi connectivity index (χ0n) is 16.8. The molecule has 0 spiro atoms. The Bertz CT molecular complexity index is 1250. The Hall–Kier alpha value is -2.11. The zero-order chi connectivity index (χ0) is 23.3. The maximum atomic E-state index is 12.8. The van der Waals surface area contributed by atoms with Crippen LogP contribution in [-0.4, -0.2) is 57.1 Å². The second kappa shape index (κ2) is 8.92. The Balaban J connectivity index is 1.47. The highest BCUT2D eigenvalue weighted by molar-refractivity contribution is 7.21. The predicted octanol–water partition coefficient (Wildman–Crippen LogP) is 5.81. The van der Waals surface area contributed by atoms with Crippen LogP contribution < -0.4 is 10.2 Å². The molecule has 3 saturated heterocycles. The number of nitrogens with one attached hydrogen (secondary N) is 1. The van der Waals surface area contributed by atoms with E-state index in [1.54, 1.807) is 0 Å². The van der Waals surface area contributed by atoms with Crippen molar-refractivity contribution in [1.82, 2.24) is 14.9 Å². The summed E-state index contributed by atoms with van der Waals surface area (Å²) >= 11 is 20.8. The maximum Gasteiger partial charge on any atom is 0.407 e. The molecule has 8 nitrogen and oxygen atoms in total. The molecular weight excluding hydrogens is 529 g/mol. The number of anilines is 2. The molecule has 172 valence electrons. The first-order chi connectivity index (χ1) is 15.8. The van der Waals surface area contributed by atoms with E-state index in [-0.39, 0.29) is 27.8 Å². The standard InChI is InChI=1S/C20H16Cl3N5O3S2/c21-10-4-14(32-8-10)15-18(27-6-12-2-1-11(27)7-28(12)20(30)31)33-19(25-15)26-17(29)9-3-13(22)16(23)24-5-9/h3-5,8,11-12H,1-2,6-7H2,(H,30,31)(H,25,26,29). The van der Waals surface area contributed by atoms with E-state index in [9.17, 15) is 14.7 Å². The number of carboxylic acid groups (broad SMARTS) is 1. The lowest BCUT2D eigenvalue weighted by atomic mass is 9.91. The molecule has 2 atom stereocenters. The Morgan fingerprint density at radius 1 is 1.15 bits per heavy atom. The lowest BCUT2D eigenvalue weighted by Crippen LogP contribution is -2.63. The van der Waals surface area contributed by atoms with Crippen molar-refractivity contribution in [1.29, 1.82) is 0 Å². The summed E-state index contributed by atoms with van der Waals surface area (Å²) in [7, 11) is 0. The van der Waals surface area contributed by atoms with Gasteiger partial charge in [-0.3, -0.25) is 10.1 Å². The van der Waals surface area contributed by atoms with Crippen LogP contribution in [0, 0.1) is 0 Å². The maximum absolute atomic E-state index is 12.8. The minimum atomic E-state index is -0.887. The number of amides is 2. The Morgan fingerprint density at radius 2 is 1.94 bits per heavy atom. The second-order valence-corrected chi connectivity index (χ2v) is 10.8. The van der Waals surface area contributed by atoms with Crippen LogP contribution in [0.25, 0.3) is 10.6 Å². The van der Waals surface area contributed by atoms with Gasteiger partial charge in [0.2, 0.25) is 0 Å². The van der Waals surface area contributed by atoms with Gasteiger partial charge in [0.15, 0.2) is 5.13 Å². The first-order valence-corrected chi connectivity index (χ1v) is 12.8. The number of piperazine rings is 1. The fraction of sp³-hybridized carbons (Fsp3) is 0.300. The molecule has 2 amide bonds.